The molecule has 1 aliphatic heterocycles. The predicted molar refractivity (Wildman–Crippen MR) is 140 cm³/mol. The van der Waals surface area contributed by atoms with E-state index >= 15 is 0 Å². The van der Waals surface area contributed by atoms with Crippen LogP contribution in [-0.2, 0) is 6.61 Å². The van der Waals surface area contributed by atoms with Crippen molar-refractivity contribution < 1.29 is 9.53 Å². The average Bonchev–Trinajstić information content (AvgIpc) is 3.25. The molecule has 1 amide bonds. The number of carbonyl (C=O) groups is 1. The van der Waals surface area contributed by atoms with Gasteiger partial charge in [0.2, 0.25) is 0 Å². The summed E-state index contributed by atoms with van der Waals surface area (Å²) < 4.78 is 7.18. The Hall–Kier alpha value is -3.02. The van der Waals surface area contributed by atoms with Crippen LogP contribution >= 0.6 is 27.7 Å². The van der Waals surface area contributed by atoms with Crippen LogP contribution in [0.25, 0.3) is 11.1 Å². The summed E-state index contributed by atoms with van der Waals surface area (Å²) in [5, 5.41) is 0.0596. The standard InChI is InChI=1S/C28H22BrNO2S/c29-23-13-16-25(27(17-23)32-18-20-7-3-1-4-8-20)26-19-33-28(31)30(26)24-14-11-22(12-15-24)21-9-5-2-6-10-21/h1-17,26H,18-19H2. The molecule has 0 spiro atoms. The molecular weight excluding hydrogens is 494 g/mol. The first-order chi connectivity index (χ1) is 16.2. The number of ether oxygens (including phenoxy) is 1. The zero-order valence-corrected chi connectivity index (χ0v) is 20.3. The third-order valence-corrected chi connectivity index (χ3v) is 7.12. The van der Waals surface area contributed by atoms with E-state index in [-0.39, 0.29) is 11.3 Å². The fourth-order valence-corrected chi connectivity index (χ4v) is 5.37. The van der Waals surface area contributed by atoms with E-state index in [1.54, 1.807) is 0 Å². The monoisotopic (exact) mass is 515 g/mol. The second kappa shape index (κ2) is 9.86. The van der Waals surface area contributed by atoms with E-state index in [4.69, 9.17) is 4.74 Å². The number of rotatable bonds is 6. The van der Waals surface area contributed by atoms with Crippen molar-refractivity contribution in [2.45, 2.75) is 12.6 Å². The molecule has 1 atom stereocenters. The topological polar surface area (TPSA) is 29.5 Å². The SMILES string of the molecule is O=C1SCC(c2ccc(Br)cc2OCc2ccccc2)N1c1ccc(-c2ccccc2)cc1. The molecule has 1 saturated heterocycles. The van der Waals surface area contributed by atoms with Crippen molar-refractivity contribution in [1.82, 2.24) is 0 Å². The quantitative estimate of drug-likeness (QED) is 0.259. The second-order valence-corrected chi connectivity index (χ2v) is 9.72. The second-order valence-electron chi connectivity index (χ2n) is 7.83. The third kappa shape index (κ3) is 4.85. The predicted octanol–water partition coefficient (Wildman–Crippen LogP) is 8.11. The van der Waals surface area contributed by atoms with E-state index in [0.717, 1.165) is 38.2 Å². The fourth-order valence-electron chi connectivity index (χ4n) is 4.02. The summed E-state index contributed by atoms with van der Waals surface area (Å²) in [6, 6.07) is 34.5. The molecule has 0 bridgehead atoms. The summed E-state index contributed by atoms with van der Waals surface area (Å²) in [5.74, 6) is 1.47. The number of carbonyl (C=O) groups excluding carboxylic acids is 1. The van der Waals surface area contributed by atoms with Gasteiger partial charge in [-0.05, 0) is 41.0 Å². The summed E-state index contributed by atoms with van der Waals surface area (Å²) >= 11 is 4.92. The van der Waals surface area contributed by atoms with Crippen molar-refractivity contribution in [3.63, 3.8) is 0 Å². The lowest BCUT2D eigenvalue weighted by atomic mass is 10.0. The van der Waals surface area contributed by atoms with E-state index in [9.17, 15) is 4.79 Å². The van der Waals surface area contributed by atoms with Crippen LogP contribution in [0.4, 0.5) is 10.5 Å². The molecule has 1 fully saturated rings. The molecule has 33 heavy (non-hydrogen) atoms. The molecule has 0 N–H and O–H groups in total. The van der Waals surface area contributed by atoms with E-state index in [2.05, 4.69) is 46.3 Å². The van der Waals surface area contributed by atoms with Crippen molar-refractivity contribution in [1.29, 1.82) is 0 Å². The fraction of sp³-hybridized carbons (Fsp3) is 0.107. The third-order valence-electron chi connectivity index (χ3n) is 5.70. The number of hydrogen-bond donors (Lipinski definition) is 0. The molecule has 1 unspecified atom stereocenters. The molecule has 3 nitrogen and oxygen atoms in total. The van der Waals surface area contributed by atoms with Gasteiger partial charge in [0.05, 0.1) is 6.04 Å². The smallest absolute Gasteiger partial charge is 0.286 e. The summed E-state index contributed by atoms with van der Waals surface area (Å²) in [6.45, 7) is 0.476. The summed E-state index contributed by atoms with van der Waals surface area (Å²) in [4.78, 5) is 14.8. The van der Waals surface area contributed by atoms with Crippen LogP contribution in [0, 0.1) is 0 Å². The van der Waals surface area contributed by atoms with E-state index < -0.39 is 0 Å². The number of anilines is 1. The maximum absolute atomic E-state index is 12.9. The van der Waals surface area contributed by atoms with Crippen molar-refractivity contribution in [2.24, 2.45) is 0 Å². The van der Waals surface area contributed by atoms with Gasteiger partial charge in [-0.25, -0.2) is 0 Å². The minimum absolute atomic E-state index is 0.0596. The Balaban J connectivity index is 1.43. The van der Waals surface area contributed by atoms with Crippen LogP contribution in [0.1, 0.15) is 17.2 Å². The lowest BCUT2D eigenvalue weighted by molar-refractivity contribution is 0.264. The highest BCUT2D eigenvalue weighted by molar-refractivity contribution is 9.10. The average molecular weight is 516 g/mol. The molecule has 1 aliphatic rings. The molecule has 4 aromatic rings. The number of amides is 1. The highest BCUT2D eigenvalue weighted by Gasteiger charge is 2.36. The molecule has 4 aromatic carbocycles. The first kappa shape index (κ1) is 21.8. The molecule has 1 heterocycles. The van der Waals surface area contributed by atoms with Crippen LogP contribution in [0.5, 0.6) is 5.75 Å². The maximum atomic E-state index is 12.9. The largest absolute Gasteiger partial charge is 0.489 e. The van der Waals surface area contributed by atoms with Gasteiger partial charge in [0.1, 0.15) is 12.4 Å². The molecule has 164 valence electrons. The van der Waals surface area contributed by atoms with Gasteiger partial charge in [-0.3, -0.25) is 9.69 Å². The highest BCUT2D eigenvalue weighted by atomic mass is 79.9. The Morgan fingerprint density at radius 3 is 2.24 bits per heavy atom. The van der Waals surface area contributed by atoms with Crippen LogP contribution in [-0.4, -0.2) is 11.0 Å². The number of nitrogens with zero attached hydrogens (tertiary/aromatic N) is 1. The summed E-state index contributed by atoms with van der Waals surface area (Å²) in [7, 11) is 0. The summed E-state index contributed by atoms with van der Waals surface area (Å²) in [6.07, 6.45) is 0. The Morgan fingerprint density at radius 1 is 0.848 bits per heavy atom. The van der Waals surface area contributed by atoms with Gasteiger partial charge in [0.15, 0.2) is 0 Å². The number of halogens is 1. The van der Waals surface area contributed by atoms with Crippen LogP contribution < -0.4 is 9.64 Å². The molecule has 0 saturated carbocycles. The lowest BCUT2D eigenvalue weighted by Crippen LogP contribution is -2.27. The van der Waals surface area contributed by atoms with Crippen LogP contribution in [0.3, 0.4) is 0 Å². The van der Waals surface area contributed by atoms with Crippen molar-refractivity contribution >= 4 is 38.6 Å². The van der Waals surface area contributed by atoms with Gasteiger partial charge in [0.25, 0.3) is 5.24 Å². The number of benzene rings is 4. The van der Waals surface area contributed by atoms with E-state index in [1.165, 1.54) is 11.8 Å². The van der Waals surface area contributed by atoms with Gasteiger partial charge < -0.3 is 4.74 Å². The normalized spacial score (nSPS) is 15.6. The van der Waals surface area contributed by atoms with Gasteiger partial charge in [-0.15, -0.1) is 0 Å². The Bertz CT molecular complexity index is 1250. The first-order valence-corrected chi connectivity index (χ1v) is 12.5. The minimum atomic E-state index is -0.0936. The zero-order valence-electron chi connectivity index (χ0n) is 17.9. The minimum Gasteiger partial charge on any atom is -0.489 e. The van der Waals surface area contributed by atoms with Crippen molar-refractivity contribution in [2.75, 3.05) is 10.7 Å². The highest BCUT2D eigenvalue weighted by Crippen LogP contribution is 2.43. The number of thioether (sulfide) groups is 1. The molecule has 0 radical (unpaired) electrons. The van der Waals surface area contributed by atoms with E-state index in [1.807, 2.05) is 77.7 Å². The maximum Gasteiger partial charge on any atom is 0.286 e. The summed E-state index contributed by atoms with van der Waals surface area (Å²) in [5.41, 5.74) is 5.30. The van der Waals surface area contributed by atoms with Crippen molar-refractivity contribution in [3.8, 4) is 16.9 Å². The molecule has 0 aromatic heterocycles. The molecule has 0 aliphatic carbocycles. The van der Waals surface area contributed by atoms with Gasteiger partial charge >= 0.3 is 0 Å². The zero-order chi connectivity index (χ0) is 22.6. The lowest BCUT2D eigenvalue weighted by Gasteiger charge is -2.26. The molecule has 5 heteroatoms. The van der Waals surface area contributed by atoms with Gasteiger partial charge in [-0.1, -0.05) is 107 Å². The number of hydrogen-bond acceptors (Lipinski definition) is 3. The van der Waals surface area contributed by atoms with Crippen LogP contribution in [0.2, 0.25) is 0 Å². The Morgan fingerprint density at radius 2 is 1.52 bits per heavy atom. The molecular formula is C28H22BrNO2S. The molecule has 5 rings (SSSR count). The van der Waals surface area contributed by atoms with Gasteiger partial charge in [-0.2, -0.15) is 0 Å². The van der Waals surface area contributed by atoms with E-state index in [0.29, 0.717) is 12.4 Å². The van der Waals surface area contributed by atoms with Gasteiger partial charge in [0, 0.05) is 21.5 Å². The van der Waals surface area contributed by atoms with Crippen molar-refractivity contribution in [3.05, 3.63) is 119 Å². The first-order valence-electron chi connectivity index (χ1n) is 10.8. The Labute approximate surface area is 206 Å². The Kier molecular flexibility index (Phi) is 6.51. The van der Waals surface area contributed by atoms with Crippen LogP contribution in [0.15, 0.2) is 108 Å².